The molecule has 0 N–H and O–H groups in total. The minimum absolute atomic E-state index is 0.0887. The van der Waals surface area contributed by atoms with Gasteiger partial charge in [-0.05, 0) is 30.4 Å². The van der Waals surface area contributed by atoms with Crippen LogP contribution in [0.4, 0.5) is 8.78 Å². The molecule has 0 fully saturated rings. The summed E-state index contributed by atoms with van der Waals surface area (Å²) in [5.74, 6) is -2.61. The molecule has 0 spiro atoms. The van der Waals surface area contributed by atoms with Gasteiger partial charge in [-0.3, -0.25) is 0 Å². The first kappa shape index (κ1) is 14.6. The van der Waals surface area contributed by atoms with E-state index < -0.39 is 5.92 Å². The summed E-state index contributed by atoms with van der Waals surface area (Å²) in [4.78, 5) is 0. The van der Waals surface area contributed by atoms with Gasteiger partial charge in [-0.15, -0.1) is 0 Å². The molecule has 0 saturated carbocycles. The van der Waals surface area contributed by atoms with Crippen molar-refractivity contribution in [2.45, 2.75) is 51.9 Å². The van der Waals surface area contributed by atoms with Crippen LogP contribution in [0.25, 0.3) is 0 Å². The molecule has 1 nitrogen and oxygen atoms in total. The van der Waals surface area contributed by atoms with Crippen molar-refractivity contribution in [2.24, 2.45) is 0 Å². The molecule has 1 aromatic carbocycles. The normalized spacial score (nSPS) is 13.1. The number of rotatable bonds is 5. The zero-order valence-corrected chi connectivity index (χ0v) is 11.1. The maximum atomic E-state index is 13.2. The summed E-state index contributed by atoms with van der Waals surface area (Å²) in [7, 11) is 0. The number of benzene rings is 1. The van der Waals surface area contributed by atoms with Crippen molar-refractivity contribution in [1.29, 1.82) is 5.26 Å². The maximum Gasteiger partial charge on any atom is 0.270 e. The van der Waals surface area contributed by atoms with Crippen molar-refractivity contribution in [3.63, 3.8) is 0 Å². The largest absolute Gasteiger partial charge is 0.270 e. The van der Waals surface area contributed by atoms with Gasteiger partial charge < -0.3 is 0 Å². The Balaban J connectivity index is 3.19. The first-order valence-corrected chi connectivity index (χ1v) is 6.36. The lowest BCUT2D eigenvalue weighted by Gasteiger charge is -2.18. The third kappa shape index (κ3) is 3.29. The van der Waals surface area contributed by atoms with Crippen molar-refractivity contribution in [3.05, 3.63) is 34.9 Å². The van der Waals surface area contributed by atoms with E-state index >= 15 is 0 Å². The van der Waals surface area contributed by atoms with Crippen molar-refractivity contribution in [1.82, 2.24) is 0 Å². The lowest BCUT2D eigenvalue weighted by Crippen LogP contribution is -2.09. The molecule has 98 valence electrons. The third-order valence-electron chi connectivity index (χ3n) is 3.25. The number of hydrogen-bond acceptors (Lipinski definition) is 1. The number of halogens is 2. The number of hydrogen-bond donors (Lipinski definition) is 0. The number of alkyl halides is 2. The molecule has 1 rings (SSSR count). The van der Waals surface area contributed by atoms with Gasteiger partial charge in [0.1, 0.15) is 0 Å². The predicted molar refractivity (Wildman–Crippen MR) is 68.7 cm³/mol. The van der Waals surface area contributed by atoms with Crippen LogP contribution < -0.4 is 0 Å². The first-order chi connectivity index (χ1) is 8.43. The molecule has 0 radical (unpaired) electrons. The van der Waals surface area contributed by atoms with Crippen LogP contribution >= 0.6 is 0 Å². The topological polar surface area (TPSA) is 23.8 Å². The van der Waals surface area contributed by atoms with E-state index in [-0.39, 0.29) is 11.5 Å². The molecule has 0 amide bonds. The molecule has 1 atom stereocenters. The number of nitrogens with zero attached hydrogens (tertiary/aromatic N) is 1. The van der Waals surface area contributed by atoms with Crippen molar-refractivity contribution in [2.75, 3.05) is 0 Å². The summed E-state index contributed by atoms with van der Waals surface area (Å²) in [6.07, 6.45) is 2.92. The van der Waals surface area contributed by atoms with Crippen LogP contribution in [0.15, 0.2) is 18.2 Å². The second-order valence-electron chi connectivity index (χ2n) is 4.70. The first-order valence-electron chi connectivity index (χ1n) is 6.36. The van der Waals surface area contributed by atoms with Crippen LogP contribution in [0.1, 0.15) is 62.6 Å². The van der Waals surface area contributed by atoms with Gasteiger partial charge in [0.05, 0.1) is 11.6 Å². The van der Waals surface area contributed by atoms with E-state index in [0.29, 0.717) is 5.56 Å². The Kier molecular flexibility index (Phi) is 4.84. The highest BCUT2D eigenvalue weighted by molar-refractivity contribution is 5.43. The zero-order valence-electron chi connectivity index (χ0n) is 11.1. The van der Waals surface area contributed by atoms with Gasteiger partial charge in [0, 0.05) is 12.5 Å². The van der Waals surface area contributed by atoms with E-state index in [1.165, 1.54) is 12.1 Å². The Hall–Kier alpha value is -1.43. The van der Waals surface area contributed by atoms with Crippen LogP contribution in [0.2, 0.25) is 0 Å². The predicted octanol–water partition coefficient (Wildman–Crippen LogP) is 4.96. The molecule has 1 unspecified atom stereocenters. The summed E-state index contributed by atoms with van der Waals surface area (Å²) >= 11 is 0. The van der Waals surface area contributed by atoms with Crippen LogP contribution in [-0.4, -0.2) is 0 Å². The van der Waals surface area contributed by atoms with E-state index in [1.54, 1.807) is 6.07 Å². The molecular formula is C15H19F2N. The van der Waals surface area contributed by atoms with Gasteiger partial charge in [-0.25, -0.2) is 8.78 Å². The summed E-state index contributed by atoms with van der Waals surface area (Å²) in [5.41, 5.74) is 1.19. The standard InChI is InChI=1S/C15H19F2N/c1-4-6-11(5-2)14-8-7-13(15(3,16)17)9-12(14)10-18/h7-9,11H,4-6H2,1-3H3. The lowest BCUT2D eigenvalue weighted by atomic mass is 9.87. The van der Waals surface area contributed by atoms with Crippen LogP contribution in [0.3, 0.4) is 0 Å². The van der Waals surface area contributed by atoms with Gasteiger partial charge in [0.2, 0.25) is 0 Å². The Labute approximate surface area is 107 Å². The molecule has 0 aliphatic carbocycles. The minimum Gasteiger partial charge on any atom is -0.202 e. The molecule has 0 saturated heterocycles. The average Bonchev–Trinajstić information content (AvgIpc) is 2.34. The summed E-state index contributed by atoms with van der Waals surface area (Å²) in [6, 6.07) is 6.50. The Morgan fingerprint density at radius 3 is 2.44 bits per heavy atom. The SMILES string of the molecule is CCCC(CC)c1ccc(C(C)(F)F)cc1C#N. The maximum absolute atomic E-state index is 13.2. The molecule has 3 heteroatoms. The highest BCUT2D eigenvalue weighted by Gasteiger charge is 2.25. The van der Waals surface area contributed by atoms with E-state index in [1.807, 2.05) is 6.07 Å². The fourth-order valence-corrected chi connectivity index (χ4v) is 2.21. The Morgan fingerprint density at radius 2 is 2.00 bits per heavy atom. The van der Waals surface area contributed by atoms with Gasteiger partial charge in [-0.1, -0.05) is 32.4 Å². The van der Waals surface area contributed by atoms with E-state index in [4.69, 9.17) is 5.26 Å². The Morgan fingerprint density at radius 1 is 1.33 bits per heavy atom. The minimum atomic E-state index is -2.89. The zero-order chi connectivity index (χ0) is 13.8. The van der Waals surface area contributed by atoms with E-state index in [9.17, 15) is 8.78 Å². The highest BCUT2D eigenvalue weighted by atomic mass is 19.3. The molecule has 0 heterocycles. The second kappa shape index (κ2) is 5.95. The van der Waals surface area contributed by atoms with Crippen molar-refractivity contribution >= 4 is 0 Å². The summed E-state index contributed by atoms with van der Waals surface area (Å²) in [6.45, 7) is 5.00. The van der Waals surface area contributed by atoms with Crippen molar-refractivity contribution < 1.29 is 8.78 Å². The Bertz CT molecular complexity index is 441. The smallest absolute Gasteiger partial charge is 0.202 e. The van der Waals surface area contributed by atoms with Crippen LogP contribution in [0.5, 0.6) is 0 Å². The third-order valence-corrected chi connectivity index (χ3v) is 3.25. The molecule has 0 bridgehead atoms. The van der Waals surface area contributed by atoms with Gasteiger partial charge in [0.15, 0.2) is 0 Å². The van der Waals surface area contributed by atoms with Gasteiger partial charge in [0.25, 0.3) is 5.92 Å². The van der Waals surface area contributed by atoms with E-state index in [2.05, 4.69) is 13.8 Å². The summed E-state index contributed by atoms with van der Waals surface area (Å²) in [5, 5.41) is 9.13. The molecule has 0 aliphatic rings. The average molecular weight is 251 g/mol. The second-order valence-corrected chi connectivity index (χ2v) is 4.70. The fourth-order valence-electron chi connectivity index (χ4n) is 2.21. The molecule has 18 heavy (non-hydrogen) atoms. The number of nitriles is 1. The summed E-state index contributed by atoms with van der Waals surface area (Å²) < 4.78 is 26.4. The van der Waals surface area contributed by atoms with Crippen molar-refractivity contribution in [3.8, 4) is 6.07 Å². The monoisotopic (exact) mass is 251 g/mol. The molecule has 0 aliphatic heterocycles. The molecule has 1 aromatic rings. The molecular weight excluding hydrogens is 232 g/mol. The van der Waals surface area contributed by atoms with Crippen LogP contribution in [0, 0.1) is 11.3 Å². The fraction of sp³-hybridized carbons (Fsp3) is 0.533. The lowest BCUT2D eigenvalue weighted by molar-refractivity contribution is 0.0174. The van der Waals surface area contributed by atoms with Crippen LogP contribution in [-0.2, 0) is 5.92 Å². The quantitative estimate of drug-likeness (QED) is 0.725. The van der Waals surface area contributed by atoms with E-state index in [0.717, 1.165) is 31.7 Å². The van der Waals surface area contributed by atoms with Gasteiger partial charge >= 0.3 is 0 Å². The molecule has 0 aromatic heterocycles. The highest BCUT2D eigenvalue weighted by Crippen LogP contribution is 2.32. The van der Waals surface area contributed by atoms with Gasteiger partial charge in [-0.2, -0.15) is 5.26 Å².